The number of unbranched alkanes of at least 4 members (excludes halogenated alkanes) is 1. The smallest absolute Gasteiger partial charge is 0.261 e. The van der Waals surface area contributed by atoms with Crippen molar-refractivity contribution < 1.29 is 19.0 Å². The SMILES string of the molecule is CCCCOc1ccc(OCC(=O)N(Cc2cccc(OC)c2)C(C)CN2CCCC2)cc1. The fourth-order valence-electron chi connectivity index (χ4n) is 4.09. The van der Waals surface area contributed by atoms with Crippen molar-refractivity contribution in [2.45, 2.75) is 52.1 Å². The van der Waals surface area contributed by atoms with E-state index >= 15 is 0 Å². The van der Waals surface area contributed by atoms with Crippen LogP contribution in [0.3, 0.4) is 0 Å². The summed E-state index contributed by atoms with van der Waals surface area (Å²) in [6, 6.07) is 15.5. The van der Waals surface area contributed by atoms with Crippen LogP contribution in [-0.2, 0) is 11.3 Å². The lowest BCUT2D eigenvalue weighted by atomic mass is 10.1. The fraction of sp³-hybridized carbons (Fsp3) is 0.519. The fourth-order valence-corrected chi connectivity index (χ4v) is 4.09. The molecule has 1 fully saturated rings. The van der Waals surface area contributed by atoms with Gasteiger partial charge in [-0.25, -0.2) is 0 Å². The maximum Gasteiger partial charge on any atom is 0.261 e. The number of methoxy groups -OCH3 is 1. The van der Waals surface area contributed by atoms with Gasteiger partial charge in [-0.1, -0.05) is 25.5 Å². The maximum absolute atomic E-state index is 13.3. The summed E-state index contributed by atoms with van der Waals surface area (Å²) in [5, 5.41) is 0. The van der Waals surface area contributed by atoms with Gasteiger partial charge in [0.1, 0.15) is 17.2 Å². The highest BCUT2D eigenvalue weighted by atomic mass is 16.5. The first-order valence-corrected chi connectivity index (χ1v) is 12.1. The van der Waals surface area contributed by atoms with E-state index in [1.807, 2.05) is 53.4 Å². The van der Waals surface area contributed by atoms with E-state index in [9.17, 15) is 4.79 Å². The summed E-state index contributed by atoms with van der Waals surface area (Å²) in [6.45, 7) is 8.59. The van der Waals surface area contributed by atoms with E-state index < -0.39 is 0 Å². The topological polar surface area (TPSA) is 51.2 Å². The van der Waals surface area contributed by atoms with Crippen LogP contribution in [0.2, 0.25) is 0 Å². The van der Waals surface area contributed by atoms with Crippen LogP contribution in [0.25, 0.3) is 0 Å². The Labute approximate surface area is 198 Å². The van der Waals surface area contributed by atoms with Gasteiger partial charge in [0.2, 0.25) is 0 Å². The first-order valence-electron chi connectivity index (χ1n) is 12.1. The number of rotatable bonds is 13. The van der Waals surface area contributed by atoms with Crippen LogP contribution in [0, 0.1) is 0 Å². The van der Waals surface area contributed by atoms with Gasteiger partial charge in [-0.3, -0.25) is 4.79 Å². The molecule has 1 unspecified atom stereocenters. The minimum atomic E-state index is -0.0206. The quantitative estimate of drug-likeness (QED) is 0.408. The van der Waals surface area contributed by atoms with Crippen molar-refractivity contribution in [1.82, 2.24) is 9.80 Å². The van der Waals surface area contributed by atoms with Crippen molar-refractivity contribution >= 4 is 5.91 Å². The van der Waals surface area contributed by atoms with E-state index in [1.54, 1.807) is 7.11 Å². The number of ether oxygens (including phenoxy) is 3. The summed E-state index contributed by atoms with van der Waals surface area (Å²) in [6.07, 6.45) is 4.60. The number of benzene rings is 2. The Kier molecular flexibility index (Phi) is 9.88. The van der Waals surface area contributed by atoms with E-state index in [0.29, 0.717) is 18.9 Å². The molecule has 0 aromatic heterocycles. The zero-order valence-electron chi connectivity index (χ0n) is 20.3. The van der Waals surface area contributed by atoms with Crippen molar-refractivity contribution in [3.8, 4) is 17.2 Å². The largest absolute Gasteiger partial charge is 0.497 e. The van der Waals surface area contributed by atoms with Gasteiger partial charge in [-0.05, 0) is 81.2 Å². The lowest BCUT2D eigenvalue weighted by Crippen LogP contribution is -2.46. The summed E-state index contributed by atoms with van der Waals surface area (Å²) in [5.41, 5.74) is 1.05. The van der Waals surface area contributed by atoms with Crippen LogP contribution in [0.5, 0.6) is 17.2 Å². The molecule has 1 amide bonds. The van der Waals surface area contributed by atoms with Crippen LogP contribution in [0.1, 0.15) is 45.1 Å². The molecule has 1 atom stereocenters. The van der Waals surface area contributed by atoms with Crippen molar-refractivity contribution in [1.29, 1.82) is 0 Å². The Morgan fingerprint density at radius 2 is 1.73 bits per heavy atom. The molecule has 0 saturated carbocycles. The molecule has 0 spiro atoms. The number of hydrogen-bond acceptors (Lipinski definition) is 5. The first-order chi connectivity index (χ1) is 16.1. The normalized spacial score (nSPS) is 14.6. The molecule has 0 bridgehead atoms. The van der Waals surface area contributed by atoms with Crippen LogP contribution in [0.15, 0.2) is 48.5 Å². The molecule has 6 nitrogen and oxygen atoms in total. The highest BCUT2D eigenvalue weighted by Gasteiger charge is 2.24. The van der Waals surface area contributed by atoms with E-state index in [0.717, 1.165) is 49.5 Å². The monoisotopic (exact) mass is 454 g/mol. The molecule has 1 saturated heterocycles. The second kappa shape index (κ2) is 13.1. The summed E-state index contributed by atoms with van der Waals surface area (Å²) in [5.74, 6) is 2.26. The third-order valence-corrected chi connectivity index (χ3v) is 6.01. The van der Waals surface area contributed by atoms with E-state index in [1.165, 1.54) is 12.8 Å². The average Bonchev–Trinajstić information content (AvgIpc) is 3.35. The highest BCUT2D eigenvalue weighted by Crippen LogP contribution is 2.20. The van der Waals surface area contributed by atoms with Crippen LogP contribution < -0.4 is 14.2 Å². The van der Waals surface area contributed by atoms with Gasteiger partial charge in [0.15, 0.2) is 6.61 Å². The molecule has 180 valence electrons. The molecular formula is C27H38N2O4. The number of likely N-dealkylation sites (tertiary alicyclic amines) is 1. The predicted octanol–water partition coefficient (Wildman–Crippen LogP) is 4.77. The summed E-state index contributed by atoms with van der Waals surface area (Å²) in [4.78, 5) is 17.6. The number of amides is 1. The Hall–Kier alpha value is -2.73. The van der Waals surface area contributed by atoms with E-state index in [4.69, 9.17) is 14.2 Å². The van der Waals surface area contributed by atoms with Gasteiger partial charge in [0.25, 0.3) is 5.91 Å². The molecule has 2 aromatic rings. The third kappa shape index (κ3) is 7.97. The Morgan fingerprint density at radius 1 is 1.03 bits per heavy atom. The molecular weight excluding hydrogens is 416 g/mol. The number of hydrogen-bond donors (Lipinski definition) is 0. The van der Waals surface area contributed by atoms with Gasteiger partial charge in [-0.15, -0.1) is 0 Å². The second-order valence-electron chi connectivity index (χ2n) is 8.69. The van der Waals surface area contributed by atoms with Crippen molar-refractivity contribution in [2.24, 2.45) is 0 Å². The summed E-state index contributed by atoms with van der Waals surface area (Å²) >= 11 is 0. The van der Waals surface area contributed by atoms with Gasteiger partial charge < -0.3 is 24.0 Å². The Morgan fingerprint density at radius 3 is 2.39 bits per heavy atom. The highest BCUT2D eigenvalue weighted by molar-refractivity contribution is 5.78. The lowest BCUT2D eigenvalue weighted by Gasteiger charge is -2.32. The Balaban J connectivity index is 1.62. The number of nitrogens with zero attached hydrogens (tertiary/aromatic N) is 2. The van der Waals surface area contributed by atoms with Crippen LogP contribution in [-0.4, -0.2) is 61.7 Å². The van der Waals surface area contributed by atoms with Crippen molar-refractivity contribution in [2.75, 3.05) is 40.0 Å². The second-order valence-corrected chi connectivity index (χ2v) is 8.69. The molecule has 1 heterocycles. The summed E-state index contributed by atoms with van der Waals surface area (Å²) in [7, 11) is 1.66. The number of carbonyl (C=O) groups is 1. The van der Waals surface area contributed by atoms with Gasteiger partial charge in [0, 0.05) is 19.1 Å². The maximum atomic E-state index is 13.3. The summed E-state index contributed by atoms with van der Waals surface area (Å²) < 4.78 is 16.9. The number of carbonyl (C=O) groups excluding carboxylic acids is 1. The zero-order chi connectivity index (χ0) is 23.5. The minimum absolute atomic E-state index is 0.00431. The molecule has 6 heteroatoms. The van der Waals surface area contributed by atoms with Crippen LogP contribution in [0.4, 0.5) is 0 Å². The van der Waals surface area contributed by atoms with Gasteiger partial charge in [0.05, 0.1) is 13.7 Å². The van der Waals surface area contributed by atoms with Crippen LogP contribution >= 0.6 is 0 Å². The third-order valence-electron chi connectivity index (χ3n) is 6.01. The molecule has 1 aliphatic heterocycles. The molecule has 33 heavy (non-hydrogen) atoms. The molecule has 1 aliphatic rings. The molecule has 0 radical (unpaired) electrons. The zero-order valence-corrected chi connectivity index (χ0v) is 20.3. The average molecular weight is 455 g/mol. The van der Waals surface area contributed by atoms with Gasteiger partial charge >= 0.3 is 0 Å². The van der Waals surface area contributed by atoms with Crippen molar-refractivity contribution in [3.63, 3.8) is 0 Å². The molecule has 3 rings (SSSR count). The predicted molar refractivity (Wildman–Crippen MR) is 131 cm³/mol. The van der Waals surface area contributed by atoms with Crippen molar-refractivity contribution in [3.05, 3.63) is 54.1 Å². The minimum Gasteiger partial charge on any atom is -0.497 e. The van der Waals surface area contributed by atoms with E-state index in [2.05, 4.69) is 18.7 Å². The van der Waals surface area contributed by atoms with Gasteiger partial charge in [-0.2, -0.15) is 0 Å². The molecule has 0 N–H and O–H groups in total. The lowest BCUT2D eigenvalue weighted by molar-refractivity contribution is -0.136. The first kappa shape index (κ1) is 24.9. The van der Waals surface area contributed by atoms with E-state index in [-0.39, 0.29) is 18.6 Å². The molecule has 2 aromatic carbocycles. The standard InChI is InChI=1S/C27H38N2O4/c1-4-5-17-32-24-11-13-25(14-12-24)33-21-27(30)29(22(2)19-28-15-6-7-16-28)20-23-9-8-10-26(18-23)31-3/h8-14,18,22H,4-7,15-17,19-21H2,1-3H3. The molecule has 0 aliphatic carbocycles. The Bertz CT molecular complexity index is 849.